The normalized spacial score (nSPS) is 15.8. The first-order valence-corrected chi connectivity index (χ1v) is 11.3. The van der Waals surface area contributed by atoms with E-state index in [0.29, 0.717) is 36.8 Å². The number of carbonyl (C=O) groups is 1. The monoisotopic (exact) mass is 455 g/mol. The molecule has 0 bridgehead atoms. The molecule has 4 aromatic rings. The van der Waals surface area contributed by atoms with Crippen molar-refractivity contribution >= 4 is 5.91 Å². The predicted molar refractivity (Wildman–Crippen MR) is 125 cm³/mol. The van der Waals surface area contributed by atoms with Crippen LogP contribution >= 0.6 is 0 Å². The predicted octanol–water partition coefficient (Wildman–Crippen LogP) is 4.15. The van der Waals surface area contributed by atoms with Crippen molar-refractivity contribution < 1.29 is 13.9 Å². The summed E-state index contributed by atoms with van der Waals surface area (Å²) in [5, 5.41) is 0. The molecule has 3 aromatic heterocycles. The van der Waals surface area contributed by atoms with Gasteiger partial charge in [-0.15, -0.1) is 0 Å². The Morgan fingerprint density at radius 2 is 1.97 bits per heavy atom. The van der Waals surface area contributed by atoms with Gasteiger partial charge in [-0.1, -0.05) is 24.3 Å². The van der Waals surface area contributed by atoms with E-state index in [1.165, 1.54) is 6.33 Å². The molecule has 0 N–H and O–H groups in total. The lowest BCUT2D eigenvalue weighted by Crippen LogP contribution is -2.39. The van der Waals surface area contributed by atoms with E-state index in [1.807, 2.05) is 41.3 Å². The molecule has 1 aliphatic heterocycles. The maximum Gasteiger partial charge on any atom is 0.272 e. The fourth-order valence-electron chi connectivity index (χ4n) is 4.30. The van der Waals surface area contributed by atoms with Crippen molar-refractivity contribution in [1.29, 1.82) is 0 Å². The van der Waals surface area contributed by atoms with E-state index in [0.717, 1.165) is 35.5 Å². The number of para-hydroxylation sites is 1. The van der Waals surface area contributed by atoms with Crippen LogP contribution in [0, 0.1) is 0 Å². The zero-order valence-corrected chi connectivity index (χ0v) is 18.9. The van der Waals surface area contributed by atoms with Crippen molar-refractivity contribution in [2.24, 2.45) is 0 Å². The van der Waals surface area contributed by atoms with E-state index in [-0.39, 0.29) is 11.8 Å². The third-order valence-corrected chi connectivity index (χ3v) is 6.01. The summed E-state index contributed by atoms with van der Waals surface area (Å²) < 4.78 is 11.5. The highest BCUT2D eigenvalue weighted by Gasteiger charge is 2.29. The van der Waals surface area contributed by atoms with Gasteiger partial charge in [-0.2, -0.15) is 0 Å². The highest BCUT2D eigenvalue weighted by Crippen LogP contribution is 2.29. The molecule has 0 saturated carbocycles. The number of nitrogens with zero attached hydrogens (tertiary/aromatic N) is 5. The topological polar surface area (TPSA) is 94.2 Å². The van der Waals surface area contributed by atoms with Crippen LogP contribution in [0.15, 0.2) is 71.8 Å². The number of methoxy groups -OCH3 is 1. The van der Waals surface area contributed by atoms with Crippen LogP contribution in [0.2, 0.25) is 0 Å². The second-order valence-corrected chi connectivity index (χ2v) is 8.28. The number of rotatable bonds is 6. The van der Waals surface area contributed by atoms with Gasteiger partial charge in [-0.3, -0.25) is 4.79 Å². The number of likely N-dealkylation sites (tertiary alicyclic amines) is 1. The largest absolute Gasteiger partial charge is 0.496 e. The number of hydrogen-bond acceptors (Lipinski definition) is 7. The summed E-state index contributed by atoms with van der Waals surface area (Å²) >= 11 is 0. The molecule has 1 fully saturated rings. The molecule has 5 rings (SSSR count). The van der Waals surface area contributed by atoms with Crippen LogP contribution in [0.5, 0.6) is 5.75 Å². The number of piperidine rings is 1. The molecule has 4 heterocycles. The van der Waals surface area contributed by atoms with Crippen molar-refractivity contribution in [2.75, 3.05) is 20.2 Å². The van der Waals surface area contributed by atoms with Gasteiger partial charge >= 0.3 is 0 Å². The number of oxazole rings is 1. The van der Waals surface area contributed by atoms with Gasteiger partial charge in [0.1, 0.15) is 23.5 Å². The maximum atomic E-state index is 13.2. The molecule has 8 heteroatoms. The van der Waals surface area contributed by atoms with Gasteiger partial charge in [0, 0.05) is 43.0 Å². The van der Waals surface area contributed by atoms with Crippen LogP contribution in [-0.2, 0) is 6.42 Å². The molecule has 1 amide bonds. The number of carbonyl (C=O) groups excluding carboxylic acids is 1. The molecule has 0 spiro atoms. The Hall–Kier alpha value is -4.07. The first kappa shape index (κ1) is 21.8. The summed E-state index contributed by atoms with van der Waals surface area (Å²) in [6.45, 7) is 1.23. The summed E-state index contributed by atoms with van der Waals surface area (Å²) in [5.41, 5.74) is 2.90. The Morgan fingerprint density at radius 3 is 2.82 bits per heavy atom. The first-order valence-electron chi connectivity index (χ1n) is 11.3. The van der Waals surface area contributed by atoms with Crippen molar-refractivity contribution in [2.45, 2.75) is 25.2 Å². The average molecular weight is 456 g/mol. The fourth-order valence-corrected chi connectivity index (χ4v) is 4.30. The number of pyridine rings is 1. The average Bonchev–Trinajstić information content (AvgIpc) is 3.38. The van der Waals surface area contributed by atoms with Gasteiger partial charge in [-0.05, 0) is 31.0 Å². The van der Waals surface area contributed by atoms with Gasteiger partial charge in [0.05, 0.1) is 24.9 Å². The minimum absolute atomic E-state index is 0.0508. The Kier molecular flexibility index (Phi) is 6.29. The second kappa shape index (κ2) is 9.82. The molecule has 1 atom stereocenters. The Labute approximate surface area is 197 Å². The molecule has 34 heavy (non-hydrogen) atoms. The van der Waals surface area contributed by atoms with E-state index in [9.17, 15) is 4.79 Å². The number of amides is 1. The third-order valence-electron chi connectivity index (χ3n) is 6.01. The first-order chi connectivity index (χ1) is 16.7. The molecule has 0 radical (unpaired) electrons. The molecule has 0 aliphatic carbocycles. The molecule has 172 valence electrons. The fraction of sp³-hybridized carbons (Fsp3) is 0.269. The number of aromatic nitrogens is 4. The van der Waals surface area contributed by atoms with Crippen LogP contribution in [0.25, 0.3) is 11.3 Å². The minimum Gasteiger partial charge on any atom is -0.496 e. The van der Waals surface area contributed by atoms with Gasteiger partial charge in [0.15, 0.2) is 5.89 Å². The molecule has 1 saturated heterocycles. The third kappa shape index (κ3) is 4.66. The Bertz CT molecular complexity index is 1270. The maximum absolute atomic E-state index is 13.2. The zero-order chi connectivity index (χ0) is 23.3. The smallest absolute Gasteiger partial charge is 0.272 e. The van der Waals surface area contributed by atoms with Crippen molar-refractivity contribution in [3.63, 3.8) is 0 Å². The lowest BCUT2D eigenvalue weighted by Gasteiger charge is -2.31. The van der Waals surface area contributed by atoms with Crippen LogP contribution in [0.4, 0.5) is 0 Å². The summed E-state index contributed by atoms with van der Waals surface area (Å²) in [4.78, 5) is 32.3. The highest BCUT2D eigenvalue weighted by molar-refractivity contribution is 5.93. The van der Waals surface area contributed by atoms with Crippen molar-refractivity contribution in [1.82, 2.24) is 24.8 Å². The summed E-state index contributed by atoms with van der Waals surface area (Å²) in [6.07, 6.45) is 9.02. The molecule has 8 nitrogen and oxygen atoms in total. The standard InChI is InChI=1S/C26H25N5O3/c1-33-24-10-3-2-6-18(24)12-21-15-29-25(34-21)19-7-5-11-31(16-19)26(32)23-9-4-8-22(30-23)20-13-27-17-28-14-20/h2-4,6,8-10,13-15,17,19H,5,7,11-12,16H2,1H3/t19-/m1/s1. The Morgan fingerprint density at radius 1 is 1.12 bits per heavy atom. The lowest BCUT2D eigenvalue weighted by molar-refractivity contribution is 0.0692. The number of hydrogen-bond donors (Lipinski definition) is 0. The van der Waals surface area contributed by atoms with E-state index >= 15 is 0 Å². The highest BCUT2D eigenvalue weighted by atomic mass is 16.5. The minimum atomic E-state index is -0.0933. The van der Waals surface area contributed by atoms with Gasteiger partial charge in [0.2, 0.25) is 0 Å². The second-order valence-electron chi connectivity index (χ2n) is 8.28. The van der Waals surface area contributed by atoms with E-state index < -0.39 is 0 Å². The molecule has 1 aromatic carbocycles. The zero-order valence-electron chi connectivity index (χ0n) is 18.9. The summed E-state index contributed by atoms with van der Waals surface area (Å²) in [5.74, 6) is 2.23. The van der Waals surface area contributed by atoms with E-state index in [1.54, 1.807) is 31.8 Å². The van der Waals surface area contributed by atoms with Crippen LogP contribution in [-0.4, -0.2) is 50.9 Å². The van der Waals surface area contributed by atoms with Crippen LogP contribution < -0.4 is 4.74 Å². The Balaban J connectivity index is 1.29. The molecule has 1 aliphatic rings. The lowest BCUT2D eigenvalue weighted by atomic mass is 9.97. The summed E-state index contributed by atoms with van der Waals surface area (Å²) in [6, 6.07) is 13.3. The molecular weight excluding hydrogens is 430 g/mol. The van der Waals surface area contributed by atoms with Crippen molar-refractivity contribution in [3.05, 3.63) is 90.3 Å². The quantitative estimate of drug-likeness (QED) is 0.431. The van der Waals surface area contributed by atoms with Gasteiger partial charge in [-0.25, -0.2) is 19.9 Å². The van der Waals surface area contributed by atoms with Gasteiger partial charge < -0.3 is 14.1 Å². The van der Waals surface area contributed by atoms with Crippen molar-refractivity contribution in [3.8, 4) is 17.0 Å². The SMILES string of the molecule is COc1ccccc1Cc1cnc([C@@H]2CCCN(C(=O)c3cccc(-c4cncnc4)n3)C2)o1. The molecular formula is C26H25N5O3. The van der Waals surface area contributed by atoms with E-state index in [4.69, 9.17) is 9.15 Å². The van der Waals surface area contributed by atoms with E-state index in [2.05, 4.69) is 19.9 Å². The number of ether oxygens (including phenoxy) is 1. The summed E-state index contributed by atoms with van der Waals surface area (Å²) in [7, 11) is 1.66. The number of benzene rings is 1. The van der Waals surface area contributed by atoms with Gasteiger partial charge in [0.25, 0.3) is 5.91 Å². The van der Waals surface area contributed by atoms with Crippen LogP contribution in [0.3, 0.4) is 0 Å². The van der Waals surface area contributed by atoms with Crippen LogP contribution in [0.1, 0.15) is 46.5 Å². The molecule has 0 unspecified atom stereocenters.